The Balaban J connectivity index is 2.03. The van der Waals surface area contributed by atoms with Gasteiger partial charge in [0.2, 0.25) is 0 Å². The van der Waals surface area contributed by atoms with Gasteiger partial charge >= 0.3 is 5.97 Å². The number of esters is 1. The number of nitrogens with zero attached hydrogens (tertiary/aromatic N) is 2. The van der Waals surface area contributed by atoms with Crippen LogP contribution in [0.4, 0.5) is 0 Å². The Morgan fingerprint density at radius 2 is 1.83 bits per heavy atom. The highest BCUT2D eigenvalue weighted by Gasteiger charge is 2.35. The molecule has 35 heavy (non-hydrogen) atoms. The van der Waals surface area contributed by atoms with Gasteiger partial charge in [-0.15, -0.1) is 0 Å². The van der Waals surface area contributed by atoms with Gasteiger partial charge < -0.3 is 18.9 Å². The summed E-state index contributed by atoms with van der Waals surface area (Å²) in [6, 6.07) is 9.60. The molecular formula is C25H23ClN2O6S. The van der Waals surface area contributed by atoms with E-state index in [2.05, 4.69) is 4.99 Å². The standard InChI is InChI=1S/C25H23ClN2O6S/c1-13-20(24(30)34-5)21(16-12-15(26)9-10-17(16)31-2)28-23(29)19(35-25(28)27-13)11-14-7-6-8-18(32-3)22(14)33-4/h6-12,21H,1-5H3/b19-11-/t21-/m1/s1. The lowest BCUT2D eigenvalue weighted by Crippen LogP contribution is -2.40. The molecule has 0 N–H and O–H groups in total. The molecule has 0 aliphatic carbocycles. The molecule has 2 heterocycles. The summed E-state index contributed by atoms with van der Waals surface area (Å²) in [4.78, 5) is 31.6. The number of hydrogen-bond donors (Lipinski definition) is 0. The van der Waals surface area contributed by atoms with Crippen LogP contribution in [0.1, 0.15) is 24.1 Å². The second-order valence-electron chi connectivity index (χ2n) is 7.54. The molecule has 10 heteroatoms. The maximum atomic E-state index is 13.8. The number of thiazole rings is 1. The van der Waals surface area contributed by atoms with Crippen LogP contribution in [0, 0.1) is 0 Å². The van der Waals surface area contributed by atoms with Crippen molar-refractivity contribution in [1.29, 1.82) is 0 Å². The van der Waals surface area contributed by atoms with Crippen LogP contribution < -0.4 is 29.1 Å². The summed E-state index contributed by atoms with van der Waals surface area (Å²) in [7, 11) is 5.88. The number of methoxy groups -OCH3 is 4. The Kier molecular flexibility index (Phi) is 7.00. The topological polar surface area (TPSA) is 88.4 Å². The molecule has 1 atom stereocenters. The van der Waals surface area contributed by atoms with Gasteiger partial charge in [-0.05, 0) is 37.3 Å². The minimum atomic E-state index is -0.846. The van der Waals surface area contributed by atoms with Gasteiger partial charge in [0, 0.05) is 16.1 Å². The van der Waals surface area contributed by atoms with Crippen molar-refractivity contribution in [3.63, 3.8) is 0 Å². The van der Waals surface area contributed by atoms with Gasteiger partial charge in [0.1, 0.15) is 11.8 Å². The van der Waals surface area contributed by atoms with E-state index in [1.165, 1.54) is 37.2 Å². The van der Waals surface area contributed by atoms with Gasteiger partial charge in [0.15, 0.2) is 16.3 Å². The van der Waals surface area contributed by atoms with E-state index >= 15 is 0 Å². The van der Waals surface area contributed by atoms with E-state index < -0.39 is 12.0 Å². The Labute approximate surface area is 210 Å². The predicted molar refractivity (Wildman–Crippen MR) is 133 cm³/mol. The zero-order valence-corrected chi connectivity index (χ0v) is 21.3. The molecule has 182 valence electrons. The third kappa shape index (κ3) is 4.33. The van der Waals surface area contributed by atoms with E-state index in [0.29, 0.717) is 48.4 Å². The summed E-state index contributed by atoms with van der Waals surface area (Å²) < 4.78 is 23.4. The monoisotopic (exact) mass is 514 g/mol. The third-order valence-corrected chi connectivity index (χ3v) is 6.85. The van der Waals surface area contributed by atoms with Crippen molar-refractivity contribution in [2.45, 2.75) is 13.0 Å². The molecule has 0 fully saturated rings. The number of carbonyl (C=O) groups excluding carboxylic acids is 1. The number of para-hydroxylation sites is 1. The molecule has 1 aromatic heterocycles. The van der Waals surface area contributed by atoms with Gasteiger partial charge in [0.25, 0.3) is 5.56 Å². The van der Waals surface area contributed by atoms with E-state index in [1.807, 2.05) is 12.1 Å². The highest BCUT2D eigenvalue weighted by atomic mass is 35.5. The molecule has 1 aliphatic rings. The molecule has 4 rings (SSSR count). The van der Waals surface area contributed by atoms with Crippen LogP contribution in [-0.4, -0.2) is 39.0 Å². The van der Waals surface area contributed by atoms with Crippen LogP contribution in [0.5, 0.6) is 17.2 Å². The fourth-order valence-electron chi connectivity index (χ4n) is 4.07. The van der Waals surface area contributed by atoms with Crippen molar-refractivity contribution in [3.05, 3.63) is 83.5 Å². The van der Waals surface area contributed by atoms with Crippen LogP contribution in [0.15, 0.2) is 57.5 Å². The Hall–Kier alpha value is -3.56. The molecule has 1 aliphatic heterocycles. The lowest BCUT2D eigenvalue weighted by molar-refractivity contribution is -0.136. The van der Waals surface area contributed by atoms with Crippen molar-refractivity contribution in [2.75, 3.05) is 28.4 Å². The SMILES string of the molecule is COC(=O)C1=C(C)N=c2s/c(=C\c3cccc(OC)c3OC)c(=O)n2[C@@H]1c1cc(Cl)ccc1OC. The fraction of sp³-hybridized carbons (Fsp3) is 0.240. The van der Waals surface area contributed by atoms with Crippen molar-refractivity contribution >= 4 is 35.0 Å². The number of fused-ring (bicyclic) bond motifs is 1. The minimum Gasteiger partial charge on any atom is -0.496 e. The zero-order valence-electron chi connectivity index (χ0n) is 19.7. The van der Waals surface area contributed by atoms with Crippen molar-refractivity contribution in [2.24, 2.45) is 4.99 Å². The maximum Gasteiger partial charge on any atom is 0.338 e. The molecule has 0 spiro atoms. The second kappa shape index (κ2) is 9.97. The zero-order chi connectivity index (χ0) is 25.3. The second-order valence-corrected chi connectivity index (χ2v) is 8.99. The molecule has 0 bridgehead atoms. The number of benzene rings is 2. The van der Waals surface area contributed by atoms with Crippen molar-refractivity contribution in [1.82, 2.24) is 4.57 Å². The van der Waals surface area contributed by atoms with E-state index in [0.717, 1.165) is 0 Å². The minimum absolute atomic E-state index is 0.228. The van der Waals surface area contributed by atoms with E-state index in [1.54, 1.807) is 44.4 Å². The number of rotatable bonds is 6. The number of hydrogen-bond acceptors (Lipinski definition) is 8. The number of halogens is 1. The highest BCUT2D eigenvalue weighted by Crippen LogP contribution is 2.37. The first-order chi connectivity index (χ1) is 16.8. The molecule has 0 radical (unpaired) electrons. The summed E-state index contributed by atoms with van der Waals surface area (Å²) in [5.74, 6) is 0.918. The molecular weight excluding hydrogens is 492 g/mol. The van der Waals surface area contributed by atoms with Gasteiger partial charge in [-0.3, -0.25) is 9.36 Å². The lowest BCUT2D eigenvalue weighted by Gasteiger charge is -2.25. The summed E-state index contributed by atoms with van der Waals surface area (Å²) in [5.41, 5.74) is 1.54. The molecule has 0 saturated carbocycles. The first-order valence-electron chi connectivity index (χ1n) is 10.5. The van der Waals surface area contributed by atoms with Gasteiger partial charge in [-0.1, -0.05) is 35.1 Å². The molecule has 8 nitrogen and oxygen atoms in total. The summed E-state index contributed by atoms with van der Waals surface area (Å²) in [5, 5.41) is 0.433. The smallest absolute Gasteiger partial charge is 0.338 e. The average molecular weight is 515 g/mol. The Morgan fingerprint density at radius 3 is 2.49 bits per heavy atom. The van der Waals surface area contributed by atoms with Crippen LogP contribution in [0.25, 0.3) is 6.08 Å². The number of aromatic nitrogens is 1. The Morgan fingerprint density at radius 1 is 1.09 bits per heavy atom. The highest BCUT2D eigenvalue weighted by molar-refractivity contribution is 7.07. The van der Waals surface area contributed by atoms with Gasteiger partial charge in [-0.2, -0.15) is 0 Å². The first-order valence-corrected chi connectivity index (χ1v) is 11.7. The Bertz CT molecular complexity index is 1520. The molecule has 2 aromatic carbocycles. The fourth-order valence-corrected chi connectivity index (χ4v) is 5.29. The summed E-state index contributed by atoms with van der Waals surface area (Å²) >= 11 is 7.51. The third-order valence-electron chi connectivity index (χ3n) is 5.63. The number of ether oxygens (including phenoxy) is 4. The van der Waals surface area contributed by atoms with E-state index in [9.17, 15) is 9.59 Å². The van der Waals surface area contributed by atoms with Crippen molar-refractivity contribution in [3.8, 4) is 17.2 Å². The van der Waals surface area contributed by atoms with Crippen LogP contribution in [0.3, 0.4) is 0 Å². The van der Waals surface area contributed by atoms with Gasteiger partial charge in [0.05, 0.1) is 44.2 Å². The predicted octanol–water partition coefficient (Wildman–Crippen LogP) is 3.09. The van der Waals surface area contributed by atoms with Crippen LogP contribution in [-0.2, 0) is 9.53 Å². The quantitative estimate of drug-likeness (QED) is 0.470. The molecule has 3 aromatic rings. The lowest BCUT2D eigenvalue weighted by atomic mass is 9.95. The van der Waals surface area contributed by atoms with Crippen molar-refractivity contribution < 1.29 is 23.7 Å². The first kappa shape index (κ1) is 24.6. The average Bonchev–Trinajstić information content (AvgIpc) is 3.16. The summed E-state index contributed by atoms with van der Waals surface area (Å²) in [6.07, 6.45) is 1.72. The number of carbonyl (C=O) groups is 1. The molecule has 0 saturated heterocycles. The molecule has 0 amide bonds. The van der Waals surface area contributed by atoms with Crippen LogP contribution >= 0.6 is 22.9 Å². The van der Waals surface area contributed by atoms with Crippen LogP contribution in [0.2, 0.25) is 5.02 Å². The summed E-state index contributed by atoms with van der Waals surface area (Å²) in [6.45, 7) is 1.71. The van der Waals surface area contributed by atoms with E-state index in [4.69, 9.17) is 30.5 Å². The normalized spacial score (nSPS) is 15.4. The largest absolute Gasteiger partial charge is 0.496 e. The molecule has 0 unspecified atom stereocenters. The van der Waals surface area contributed by atoms with E-state index in [-0.39, 0.29) is 11.1 Å². The maximum absolute atomic E-state index is 13.8. The number of allylic oxidation sites excluding steroid dienone is 1. The van der Waals surface area contributed by atoms with Gasteiger partial charge in [-0.25, -0.2) is 9.79 Å².